The lowest BCUT2D eigenvalue weighted by Crippen LogP contribution is -2.48. The number of hydrazone groups is 1. The first kappa shape index (κ1) is 16.2. The number of hydrogen-bond acceptors (Lipinski definition) is 5. The number of rotatable bonds is 3. The molecular weight excluding hydrogens is 320 g/mol. The van der Waals surface area contributed by atoms with Crippen LogP contribution in [0.25, 0.3) is 0 Å². The third kappa shape index (κ3) is 3.27. The van der Waals surface area contributed by atoms with E-state index < -0.39 is 0 Å². The van der Waals surface area contributed by atoms with E-state index in [1.54, 1.807) is 5.01 Å². The molecule has 1 unspecified atom stereocenters. The molecule has 1 fully saturated rings. The minimum absolute atomic E-state index is 0.205. The molecule has 6 heteroatoms. The number of fused-ring (bicyclic) bond motifs is 3. The smallest absolute Gasteiger partial charge is 0.243 e. The van der Waals surface area contributed by atoms with Gasteiger partial charge in [-0.15, -0.1) is 11.3 Å². The Hall–Kier alpha value is -1.24. The minimum Gasteiger partial charge on any atom is -0.304 e. The first-order valence-corrected chi connectivity index (χ1v) is 9.95. The van der Waals surface area contributed by atoms with Crippen molar-refractivity contribution >= 4 is 23.0 Å². The molecule has 130 valence electrons. The third-order valence-electron chi connectivity index (χ3n) is 5.53. The topological polar surface area (TPSA) is 39.1 Å². The monoisotopic (exact) mass is 346 g/mol. The molecule has 1 aromatic heterocycles. The number of carbonyl (C=O) groups is 1. The molecule has 0 aromatic carbocycles. The molecule has 0 spiro atoms. The predicted molar refractivity (Wildman–Crippen MR) is 97.6 cm³/mol. The molecule has 0 bridgehead atoms. The Bertz CT molecular complexity index is 633. The maximum absolute atomic E-state index is 12.5. The number of thiophene rings is 1. The maximum atomic E-state index is 12.5. The van der Waals surface area contributed by atoms with E-state index in [1.165, 1.54) is 22.6 Å². The van der Waals surface area contributed by atoms with Gasteiger partial charge in [-0.05, 0) is 37.8 Å². The van der Waals surface area contributed by atoms with Gasteiger partial charge in [0, 0.05) is 55.5 Å². The second kappa shape index (κ2) is 6.94. The second-order valence-corrected chi connectivity index (χ2v) is 8.20. The summed E-state index contributed by atoms with van der Waals surface area (Å²) in [6.07, 6.45) is 4.04. The lowest BCUT2D eigenvalue weighted by atomic mass is 9.91. The summed E-state index contributed by atoms with van der Waals surface area (Å²) < 4.78 is 0. The molecule has 0 saturated carbocycles. The molecule has 4 rings (SSSR count). The van der Waals surface area contributed by atoms with Gasteiger partial charge in [-0.3, -0.25) is 9.69 Å². The van der Waals surface area contributed by atoms with E-state index in [-0.39, 0.29) is 5.91 Å². The number of aryl methyl sites for hydroxylation is 1. The van der Waals surface area contributed by atoms with E-state index >= 15 is 0 Å². The molecule has 0 N–H and O–H groups in total. The molecule has 3 heterocycles. The zero-order valence-corrected chi connectivity index (χ0v) is 15.2. The fourth-order valence-electron chi connectivity index (χ4n) is 3.95. The Morgan fingerprint density at radius 2 is 2.08 bits per heavy atom. The highest BCUT2D eigenvalue weighted by Gasteiger charge is 2.33. The highest BCUT2D eigenvalue weighted by molar-refractivity contribution is 7.10. The summed E-state index contributed by atoms with van der Waals surface area (Å²) in [4.78, 5) is 18.8. The van der Waals surface area contributed by atoms with Crippen LogP contribution in [-0.2, 0) is 11.2 Å². The number of piperazine rings is 1. The summed E-state index contributed by atoms with van der Waals surface area (Å²) >= 11 is 1.84. The highest BCUT2D eigenvalue weighted by atomic mass is 32.1. The van der Waals surface area contributed by atoms with Gasteiger partial charge in [0.05, 0.1) is 12.3 Å². The van der Waals surface area contributed by atoms with Crippen molar-refractivity contribution in [2.75, 3.05) is 46.3 Å². The molecule has 3 aliphatic rings. The van der Waals surface area contributed by atoms with Crippen LogP contribution < -0.4 is 0 Å². The standard InChI is InChI=1S/C18H26N4OS/c1-20-6-8-21(9-7-20)10-11-22-17(23)13-14-3-2-4-16-15(5-12-24-16)18(14)19-22/h5,12,14H,2-4,6-11,13H2,1H3. The number of likely N-dealkylation sites (N-methyl/N-ethyl adjacent to an activating group) is 1. The van der Waals surface area contributed by atoms with Crippen LogP contribution in [-0.4, -0.2) is 72.7 Å². The Morgan fingerprint density at radius 3 is 2.92 bits per heavy atom. The van der Waals surface area contributed by atoms with E-state index in [4.69, 9.17) is 5.10 Å². The van der Waals surface area contributed by atoms with Crippen LogP contribution in [0.3, 0.4) is 0 Å². The Kier molecular flexibility index (Phi) is 4.70. The molecular formula is C18H26N4OS. The molecule has 2 aliphatic heterocycles. The second-order valence-electron chi connectivity index (χ2n) is 7.20. The predicted octanol–water partition coefficient (Wildman–Crippen LogP) is 1.88. The molecule has 1 aliphatic carbocycles. The summed E-state index contributed by atoms with van der Waals surface area (Å²) in [5.41, 5.74) is 2.47. The van der Waals surface area contributed by atoms with Gasteiger partial charge in [-0.1, -0.05) is 0 Å². The summed E-state index contributed by atoms with van der Waals surface area (Å²) in [5, 5.41) is 8.74. The van der Waals surface area contributed by atoms with E-state index in [0.29, 0.717) is 12.3 Å². The Labute approximate surface area is 147 Å². The summed E-state index contributed by atoms with van der Waals surface area (Å²) in [7, 11) is 2.17. The average molecular weight is 347 g/mol. The average Bonchev–Trinajstić information content (AvgIpc) is 2.97. The number of hydrogen-bond donors (Lipinski definition) is 0. The first-order valence-electron chi connectivity index (χ1n) is 9.07. The van der Waals surface area contributed by atoms with Crippen molar-refractivity contribution in [1.29, 1.82) is 0 Å². The van der Waals surface area contributed by atoms with E-state index in [9.17, 15) is 4.79 Å². The van der Waals surface area contributed by atoms with Crippen molar-refractivity contribution in [2.45, 2.75) is 25.7 Å². The number of nitrogens with zero attached hydrogens (tertiary/aromatic N) is 4. The minimum atomic E-state index is 0.205. The van der Waals surface area contributed by atoms with Crippen molar-refractivity contribution < 1.29 is 4.79 Å². The SMILES string of the molecule is CN1CCN(CCN2N=C3c4ccsc4CCCC3CC2=O)CC1. The first-order chi connectivity index (χ1) is 11.7. The molecule has 0 radical (unpaired) electrons. The summed E-state index contributed by atoms with van der Waals surface area (Å²) in [6, 6.07) is 2.20. The van der Waals surface area contributed by atoms with Gasteiger partial charge < -0.3 is 4.90 Å². The van der Waals surface area contributed by atoms with Gasteiger partial charge >= 0.3 is 0 Å². The quantitative estimate of drug-likeness (QED) is 0.839. The summed E-state index contributed by atoms with van der Waals surface area (Å²) in [5.74, 6) is 0.532. The van der Waals surface area contributed by atoms with Crippen molar-refractivity contribution in [2.24, 2.45) is 11.0 Å². The van der Waals surface area contributed by atoms with Crippen LogP contribution in [0.1, 0.15) is 29.7 Å². The molecule has 1 saturated heterocycles. The van der Waals surface area contributed by atoms with E-state index in [1.807, 2.05) is 11.3 Å². The molecule has 24 heavy (non-hydrogen) atoms. The van der Waals surface area contributed by atoms with Gasteiger partial charge in [0.1, 0.15) is 0 Å². The lowest BCUT2D eigenvalue weighted by Gasteiger charge is -2.34. The van der Waals surface area contributed by atoms with Crippen LogP contribution in [0.2, 0.25) is 0 Å². The lowest BCUT2D eigenvalue weighted by molar-refractivity contribution is -0.133. The van der Waals surface area contributed by atoms with Gasteiger partial charge in [-0.2, -0.15) is 5.10 Å². The Morgan fingerprint density at radius 1 is 1.25 bits per heavy atom. The zero-order valence-electron chi connectivity index (χ0n) is 14.4. The van der Waals surface area contributed by atoms with Crippen molar-refractivity contribution in [3.05, 3.63) is 21.9 Å². The third-order valence-corrected chi connectivity index (χ3v) is 6.51. The summed E-state index contributed by atoms with van der Waals surface area (Å²) in [6.45, 7) is 6.06. The van der Waals surface area contributed by atoms with Gasteiger partial charge in [0.25, 0.3) is 0 Å². The van der Waals surface area contributed by atoms with Crippen molar-refractivity contribution in [1.82, 2.24) is 14.8 Å². The van der Waals surface area contributed by atoms with Crippen molar-refractivity contribution in [3.63, 3.8) is 0 Å². The highest BCUT2D eigenvalue weighted by Crippen LogP contribution is 2.33. The zero-order chi connectivity index (χ0) is 16.5. The van der Waals surface area contributed by atoms with Crippen LogP contribution in [0.5, 0.6) is 0 Å². The molecule has 5 nitrogen and oxygen atoms in total. The van der Waals surface area contributed by atoms with Crippen LogP contribution in [0.4, 0.5) is 0 Å². The number of amides is 1. The van der Waals surface area contributed by atoms with Crippen LogP contribution in [0, 0.1) is 5.92 Å². The van der Waals surface area contributed by atoms with E-state index in [2.05, 4.69) is 28.3 Å². The molecule has 1 amide bonds. The van der Waals surface area contributed by atoms with Crippen LogP contribution >= 0.6 is 11.3 Å². The fraction of sp³-hybridized carbons (Fsp3) is 0.667. The van der Waals surface area contributed by atoms with Gasteiger partial charge in [0.15, 0.2) is 0 Å². The number of carbonyl (C=O) groups excluding carboxylic acids is 1. The maximum Gasteiger partial charge on any atom is 0.243 e. The fourth-order valence-corrected chi connectivity index (χ4v) is 4.88. The largest absolute Gasteiger partial charge is 0.304 e. The van der Waals surface area contributed by atoms with Gasteiger partial charge in [0.2, 0.25) is 5.91 Å². The molecule has 1 atom stereocenters. The van der Waals surface area contributed by atoms with E-state index in [0.717, 1.165) is 52.1 Å². The Balaban J connectivity index is 1.47. The van der Waals surface area contributed by atoms with Crippen LogP contribution in [0.15, 0.2) is 16.5 Å². The normalized spacial score (nSPS) is 25.9. The van der Waals surface area contributed by atoms with Gasteiger partial charge in [-0.25, -0.2) is 5.01 Å². The van der Waals surface area contributed by atoms with Crippen molar-refractivity contribution in [3.8, 4) is 0 Å². The molecule has 1 aromatic rings.